The number of rotatable bonds is 2. The normalized spacial score (nSPS) is 39.9. The number of hydrogen-bond acceptors (Lipinski definition) is 3. The van der Waals surface area contributed by atoms with Gasteiger partial charge in [0.25, 0.3) is 0 Å². The van der Waals surface area contributed by atoms with Crippen LogP contribution < -0.4 is 5.32 Å². The molecule has 1 N–H and O–H groups in total. The predicted octanol–water partition coefficient (Wildman–Crippen LogP) is 1.36. The summed E-state index contributed by atoms with van der Waals surface area (Å²) in [6.07, 6.45) is 4.62. The molecule has 3 aliphatic rings. The SMILES string of the molecule is CC1(C2CCNC2)CN(C2CCC2)C(=O)O1. The first kappa shape index (κ1) is 10.4. The van der Waals surface area contributed by atoms with E-state index < -0.39 is 0 Å². The van der Waals surface area contributed by atoms with Crippen molar-refractivity contribution in [3.05, 3.63) is 0 Å². The van der Waals surface area contributed by atoms with E-state index in [9.17, 15) is 4.79 Å². The number of carbonyl (C=O) groups is 1. The lowest BCUT2D eigenvalue weighted by Gasteiger charge is -2.34. The summed E-state index contributed by atoms with van der Waals surface area (Å²) >= 11 is 0. The minimum atomic E-state index is -0.254. The van der Waals surface area contributed by atoms with Gasteiger partial charge >= 0.3 is 6.09 Å². The fourth-order valence-electron chi connectivity index (χ4n) is 3.06. The Bertz CT molecular complexity index is 297. The van der Waals surface area contributed by atoms with Crippen molar-refractivity contribution in [3.63, 3.8) is 0 Å². The first-order chi connectivity index (χ1) is 7.69. The topological polar surface area (TPSA) is 41.6 Å². The Morgan fingerprint density at radius 1 is 1.44 bits per heavy atom. The number of cyclic esters (lactones) is 1. The third-order valence-electron chi connectivity index (χ3n) is 4.48. The molecule has 0 radical (unpaired) electrons. The number of carbonyl (C=O) groups excluding carboxylic acids is 1. The minimum Gasteiger partial charge on any atom is -0.441 e. The Morgan fingerprint density at radius 3 is 2.81 bits per heavy atom. The zero-order chi connectivity index (χ0) is 11.2. The molecule has 0 spiro atoms. The Hall–Kier alpha value is -0.770. The summed E-state index contributed by atoms with van der Waals surface area (Å²) in [5.74, 6) is 0.488. The molecule has 2 aliphatic heterocycles. The van der Waals surface area contributed by atoms with Gasteiger partial charge in [0.05, 0.1) is 6.54 Å². The molecule has 2 atom stereocenters. The predicted molar refractivity (Wildman–Crippen MR) is 60.2 cm³/mol. The number of ether oxygens (including phenoxy) is 1. The van der Waals surface area contributed by atoms with Crippen LogP contribution in [0.3, 0.4) is 0 Å². The van der Waals surface area contributed by atoms with Crippen LogP contribution in [0.5, 0.6) is 0 Å². The lowest BCUT2D eigenvalue weighted by atomic mass is 9.86. The molecule has 0 aromatic carbocycles. The average molecular weight is 224 g/mol. The molecule has 2 unspecified atom stereocenters. The van der Waals surface area contributed by atoms with E-state index in [0.717, 1.165) is 38.9 Å². The maximum Gasteiger partial charge on any atom is 0.410 e. The Morgan fingerprint density at radius 2 is 2.25 bits per heavy atom. The summed E-state index contributed by atoms with van der Waals surface area (Å²) in [4.78, 5) is 13.8. The van der Waals surface area contributed by atoms with E-state index in [4.69, 9.17) is 4.74 Å². The number of nitrogens with zero attached hydrogens (tertiary/aromatic N) is 1. The van der Waals surface area contributed by atoms with E-state index in [0.29, 0.717) is 12.0 Å². The van der Waals surface area contributed by atoms with Gasteiger partial charge in [0.15, 0.2) is 0 Å². The minimum absolute atomic E-state index is 0.0842. The van der Waals surface area contributed by atoms with Gasteiger partial charge in [0, 0.05) is 18.5 Å². The molecule has 1 aliphatic carbocycles. The van der Waals surface area contributed by atoms with Crippen molar-refractivity contribution in [2.45, 2.75) is 44.2 Å². The van der Waals surface area contributed by atoms with Gasteiger partial charge in [0.1, 0.15) is 5.60 Å². The van der Waals surface area contributed by atoms with Gasteiger partial charge in [-0.2, -0.15) is 0 Å². The molecule has 1 saturated carbocycles. The van der Waals surface area contributed by atoms with Crippen LogP contribution in [0.4, 0.5) is 4.79 Å². The summed E-state index contributed by atoms with van der Waals surface area (Å²) < 4.78 is 5.65. The van der Waals surface area contributed by atoms with Gasteiger partial charge in [-0.1, -0.05) is 0 Å². The van der Waals surface area contributed by atoms with Crippen LogP contribution in [0.2, 0.25) is 0 Å². The molecule has 4 nitrogen and oxygen atoms in total. The lowest BCUT2D eigenvalue weighted by molar-refractivity contribution is 0.0287. The highest BCUT2D eigenvalue weighted by molar-refractivity contribution is 5.71. The molecule has 16 heavy (non-hydrogen) atoms. The van der Waals surface area contributed by atoms with Gasteiger partial charge < -0.3 is 15.0 Å². The second kappa shape index (κ2) is 3.62. The van der Waals surface area contributed by atoms with Crippen molar-refractivity contribution >= 4 is 6.09 Å². The standard InChI is InChI=1S/C12H20N2O2/c1-12(9-5-6-13-7-9)8-14(11(15)16-12)10-3-2-4-10/h9-10,13H,2-8H2,1H3. The molecule has 2 saturated heterocycles. The first-order valence-corrected chi connectivity index (χ1v) is 6.39. The fourth-order valence-corrected chi connectivity index (χ4v) is 3.06. The second-order valence-corrected chi connectivity index (χ2v) is 5.58. The van der Waals surface area contributed by atoms with Gasteiger partial charge in [-0.05, 0) is 39.2 Å². The highest BCUT2D eigenvalue weighted by Gasteiger charge is 2.50. The van der Waals surface area contributed by atoms with Crippen LogP contribution in [0, 0.1) is 5.92 Å². The van der Waals surface area contributed by atoms with Crippen molar-refractivity contribution in [2.24, 2.45) is 5.92 Å². The smallest absolute Gasteiger partial charge is 0.410 e. The fraction of sp³-hybridized carbons (Fsp3) is 0.917. The Kier molecular flexibility index (Phi) is 2.35. The van der Waals surface area contributed by atoms with Crippen LogP contribution in [-0.2, 0) is 4.74 Å². The molecule has 0 bridgehead atoms. The van der Waals surface area contributed by atoms with Crippen LogP contribution in [0.15, 0.2) is 0 Å². The Labute approximate surface area is 96.3 Å². The summed E-state index contributed by atoms with van der Waals surface area (Å²) in [5, 5.41) is 3.35. The molecule has 3 fully saturated rings. The number of hydrogen-bond donors (Lipinski definition) is 1. The molecular formula is C12H20N2O2. The third-order valence-corrected chi connectivity index (χ3v) is 4.48. The van der Waals surface area contributed by atoms with Crippen LogP contribution in [-0.4, -0.2) is 42.3 Å². The van der Waals surface area contributed by atoms with Crippen LogP contribution in [0.1, 0.15) is 32.6 Å². The van der Waals surface area contributed by atoms with Crippen LogP contribution in [0.25, 0.3) is 0 Å². The Balaban J connectivity index is 1.71. The maximum absolute atomic E-state index is 11.9. The van der Waals surface area contributed by atoms with Crippen molar-refractivity contribution in [3.8, 4) is 0 Å². The number of nitrogens with one attached hydrogen (secondary N) is 1. The van der Waals surface area contributed by atoms with Crippen molar-refractivity contribution < 1.29 is 9.53 Å². The van der Waals surface area contributed by atoms with E-state index in [2.05, 4.69) is 12.2 Å². The van der Waals surface area contributed by atoms with Crippen molar-refractivity contribution in [2.75, 3.05) is 19.6 Å². The van der Waals surface area contributed by atoms with E-state index in [1.54, 1.807) is 0 Å². The van der Waals surface area contributed by atoms with Gasteiger partial charge in [-0.15, -0.1) is 0 Å². The summed E-state index contributed by atoms with van der Waals surface area (Å²) in [5.41, 5.74) is -0.254. The monoisotopic (exact) mass is 224 g/mol. The van der Waals surface area contributed by atoms with Crippen molar-refractivity contribution in [1.29, 1.82) is 0 Å². The highest BCUT2D eigenvalue weighted by atomic mass is 16.6. The van der Waals surface area contributed by atoms with E-state index in [-0.39, 0.29) is 11.7 Å². The van der Waals surface area contributed by atoms with Gasteiger partial charge in [-0.25, -0.2) is 4.79 Å². The molecule has 0 aromatic heterocycles. The third kappa shape index (κ3) is 1.51. The summed E-state index contributed by atoms with van der Waals surface area (Å²) in [7, 11) is 0. The zero-order valence-corrected chi connectivity index (χ0v) is 9.87. The van der Waals surface area contributed by atoms with Crippen LogP contribution >= 0.6 is 0 Å². The highest BCUT2D eigenvalue weighted by Crippen LogP contribution is 2.37. The molecule has 1 amide bonds. The maximum atomic E-state index is 11.9. The molecule has 3 rings (SSSR count). The number of amides is 1. The molecule has 2 heterocycles. The van der Waals surface area contributed by atoms with E-state index in [1.807, 2.05) is 4.90 Å². The zero-order valence-electron chi connectivity index (χ0n) is 9.87. The molecular weight excluding hydrogens is 204 g/mol. The van der Waals surface area contributed by atoms with E-state index in [1.165, 1.54) is 6.42 Å². The summed E-state index contributed by atoms with van der Waals surface area (Å²) in [6.45, 7) is 4.94. The lowest BCUT2D eigenvalue weighted by Crippen LogP contribution is -2.44. The summed E-state index contributed by atoms with van der Waals surface area (Å²) in [6, 6.07) is 0.462. The van der Waals surface area contributed by atoms with Gasteiger partial charge in [0.2, 0.25) is 0 Å². The molecule has 0 aromatic rings. The largest absolute Gasteiger partial charge is 0.441 e. The quantitative estimate of drug-likeness (QED) is 0.770. The average Bonchev–Trinajstić information content (AvgIpc) is 2.73. The second-order valence-electron chi connectivity index (χ2n) is 5.58. The first-order valence-electron chi connectivity index (χ1n) is 6.39. The van der Waals surface area contributed by atoms with Crippen molar-refractivity contribution in [1.82, 2.24) is 10.2 Å². The molecule has 4 heteroatoms. The van der Waals surface area contributed by atoms with Gasteiger partial charge in [-0.3, -0.25) is 0 Å². The van der Waals surface area contributed by atoms with E-state index >= 15 is 0 Å². The molecule has 90 valence electrons.